The predicted molar refractivity (Wildman–Crippen MR) is 64.0 cm³/mol. The van der Waals surface area contributed by atoms with E-state index in [4.69, 9.17) is 0 Å². The van der Waals surface area contributed by atoms with Crippen LogP contribution < -0.4 is 5.43 Å². The Labute approximate surface area is 102 Å². The Hall–Kier alpha value is -0.940. The molecule has 0 aromatic carbocycles. The van der Waals surface area contributed by atoms with E-state index in [-0.39, 0.29) is 17.9 Å². The molecular formula is C12H21N3O2. The summed E-state index contributed by atoms with van der Waals surface area (Å²) in [5.74, 6) is -0.0891. The fourth-order valence-corrected chi connectivity index (χ4v) is 2.49. The van der Waals surface area contributed by atoms with Crippen LogP contribution in [0, 0.1) is 0 Å². The Bertz CT molecular complexity index is 300. The molecule has 5 nitrogen and oxygen atoms in total. The van der Waals surface area contributed by atoms with Gasteiger partial charge in [0.25, 0.3) is 0 Å². The first-order valence-corrected chi connectivity index (χ1v) is 6.57. The van der Waals surface area contributed by atoms with Crippen LogP contribution in [-0.2, 0) is 9.59 Å². The zero-order valence-electron chi connectivity index (χ0n) is 10.4. The van der Waals surface area contributed by atoms with Gasteiger partial charge in [0.1, 0.15) is 6.04 Å². The molecular weight excluding hydrogens is 218 g/mol. The van der Waals surface area contributed by atoms with Crippen molar-refractivity contribution >= 4 is 11.8 Å². The molecule has 1 unspecified atom stereocenters. The van der Waals surface area contributed by atoms with Crippen LogP contribution in [0.2, 0.25) is 0 Å². The van der Waals surface area contributed by atoms with Gasteiger partial charge in [-0.25, -0.2) is 10.4 Å². The highest BCUT2D eigenvalue weighted by Crippen LogP contribution is 2.15. The van der Waals surface area contributed by atoms with Crippen LogP contribution >= 0.6 is 0 Å². The van der Waals surface area contributed by atoms with Crippen LogP contribution in [0.4, 0.5) is 0 Å². The Morgan fingerprint density at radius 1 is 1.24 bits per heavy atom. The van der Waals surface area contributed by atoms with Gasteiger partial charge >= 0.3 is 0 Å². The largest absolute Gasteiger partial charge is 0.281 e. The molecule has 0 aromatic rings. The summed E-state index contributed by atoms with van der Waals surface area (Å²) in [7, 11) is 0. The maximum Gasteiger partial charge on any atom is 0.248 e. The number of likely N-dealkylation sites (tertiary alicyclic amines) is 1. The second kappa shape index (κ2) is 5.60. The third-order valence-electron chi connectivity index (χ3n) is 3.39. The average Bonchev–Trinajstić information content (AvgIpc) is 2.59. The van der Waals surface area contributed by atoms with Crippen LogP contribution in [0.5, 0.6) is 0 Å². The minimum atomic E-state index is -0.327. The molecule has 2 aliphatic heterocycles. The summed E-state index contributed by atoms with van der Waals surface area (Å²) in [5, 5.41) is 2.09. The summed E-state index contributed by atoms with van der Waals surface area (Å²) in [6.45, 7) is 4.49. The van der Waals surface area contributed by atoms with Crippen LogP contribution in [-0.4, -0.2) is 47.4 Å². The minimum Gasteiger partial charge on any atom is -0.281 e. The highest BCUT2D eigenvalue weighted by molar-refractivity contribution is 6.05. The summed E-state index contributed by atoms with van der Waals surface area (Å²) in [6.07, 6.45) is 4.74. The number of nitrogens with zero attached hydrogens (tertiary/aromatic N) is 2. The zero-order chi connectivity index (χ0) is 12.3. The van der Waals surface area contributed by atoms with Gasteiger partial charge in [-0.3, -0.25) is 14.5 Å². The molecule has 1 N–H and O–H groups in total. The molecule has 96 valence electrons. The summed E-state index contributed by atoms with van der Waals surface area (Å²) < 4.78 is 0. The number of carbonyl (C=O) groups is 2. The first-order valence-electron chi connectivity index (χ1n) is 6.57. The number of hydrogen-bond donors (Lipinski definition) is 1. The van der Waals surface area contributed by atoms with Gasteiger partial charge in [-0.05, 0) is 19.3 Å². The number of piperidine rings is 1. The summed E-state index contributed by atoms with van der Waals surface area (Å²) in [5.41, 5.74) is 3.21. The lowest BCUT2D eigenvalue weighted by molar-refractivity contribution is -0.139. The van der Waals surface area contributed by atoms with Gasteiger partial charge in [-0.1, -0.05) is 13.3 Å². The van der Waals surface area contributed by atoms with Crippen LogP contribution in [0.15, 0.2) is 0 Å². The van der Waals surface area contributed by atoms with Gasteiger partial charge in [0.05, 0.1) is 6.42 Å². The van der Waals surface area contributed by atoms with Crippen molar-refractivity contribution in [1.82, 2.24) is 15.3 Å². The molecule has 5 heteroatoms. The van der Waals surface area contributed by atoms with Crippen LogP contribution in [0.25, 0.3) is 0 Å². The number of carbonyl (C=O) groups excluding carboxylic acids is 2. The zero-order valence-corrected chi connectivity index (χ0v) is 10.4. The van der Waals surface area contributed by atoms with Crippen molar-refractivity contribution in [3.05, 3.63) is 0 Å². The molecule has 0 aliphatic carbocycles. The molecule has 2 aliphatic rings. The number of rotatable bonds is 4. The van der Waals surface area contributed by atoms with E-state index >= 15 is 0 Å². The third kappa shape index (κ3) is 2.84. The van der Waals surface area contributed by atoms with Crippen molar-refractivity contribution in [1.29, 1.82) is 0 Å². The maximum atomic E-state index is 12.0. The first kappa shape index (κ1) is 12.5. The topological polar surface area (TPSA) is 52.7 Å². The van der Waals surface area contributed by atoms with E-state index in [1.807, 2.05) is 6.92 Å². The fourth-order valence-electron chi connectivity index (χ4n) is 2.49. The summed E-state index contributed by atoms with van der Waals surface area (Å²) in [6, 6.07) is -0.327. The molecule has 2 fully saturated rings. The van der Waals surface area contributed by atoms with Crippen LogP contribution in [0.3, 0.4) is 0 Å². The molecule has 2 heterocycles. The lowest BCUT2D eigenvalue weighted by atomic mass is 10.1. The van der Waals surface area contributed by atoms with Gasteiger partial charge < -0.3 is 0 Å². The molecule has 0 saturated carbocycles. The van der Waals surface area contributed by atoms with E-state index in [1.54, 1.807) is 0 Å². The number of nitrogens with one attached hydrogen (secondary N) is 1. The van der Waals surface area contributed by atoms with E-state index in [1.165, 1.54) is 24.2 Å². The first-order chi connectivity index (χ1) is 8.22. The molecule has 2 amide bonds. The lowest BCUT2D eigenvalue weighted by Crippen LogP contribution is -2.50. The molecule has 1 atom stereocenters. The van der Waals surface area contributed by atoms with Gasteiger partial charge in [-0.15, -0.1) is 0 Å². The normalized spacial score (nSPS) is 26.9. The Balaban J connectivity index is 1.89. The third-order valence-corrected chi connectivity index (χ3v) is 3.39. The highest BCUT2D eigenvalue weighted by atomic mass is 16.2. The van der Waals surface area contributed by atoms with Crippen molar-refractivity contribution in [3.63, 3.8) is 0 Å². The predicted octanol–water partition coefficient (Wildman–Crippen LogP) is 0.514. The summed E-state index contributed by atoms with van der Waals surface area (Å²) >= 11 is 0. The van der Waals surface area contributed by atoms with E-state index in [0.29, 0.717) is 13.0 Å². The SMILES string of the molecule is CCCN1C(=O)CC(NN2CCCCC2)C1=O. The molecule has 0 spiro atoms. The molecule has 17 heavy (non-hydrogen) atoms. The Kier molecular flexibility index (Phi) is 4.12. The standard InChI is InChI=1S/C12H21N3O2/c1-2-6-15-11(16)9-10(12(15)17)13-14-7-4-3-5-8-14/h10,13H,2-9H2,1H3. The smallest absolute Gasteiger partial charge is 0.248 e. The minimum absolute atomic E-state index is 0.0358. The Morgan fingerprint density at radius 3 is 2.59 bits per heavy atom. The monoisotopic (exact) mass is 239 g/mol. The van der Waals surface area contributed by atoms with E-state index < -0.39 is 0 Å². The van der Waals surface area contributed by atoms with E-state index in [2.05, 4.69) is 10.4 Å². The van der Waals surface area contributed by atoms with Crippen molar-refractivity contribution in [3.8, 4) is 0 Å². The van der Waals surface area contributed by atoms with Gasteiger partial charge in [0, 0.05) is 19.6 Å². The molecule has 0 radical (unpaired) electrons. The van der Waals surface area contributed by atoms with Crippen molar-refractivity contribution in [2.24, 2.45) is 0 Å². The van der Waals surface area contributed by atoms with E-state index in [9.17, 15) is 9.59 Å². The molecule has 0 aromatic heterocycles. The second-order valence-electron chi connectivity index (χ2n) is 4.82. The Morgan fingerprint density at radius 2 is 1.94 bits per heavy atom. The molecule has 0 bridgehead atoms. The van der Waals surface area contributed by atoms with Crippen molar-refractivity contribution in [2.75, 3.05) is 19.6 Å². The summed E-state index contributed by atoms with van der Waals surface area (Å²) in [4.78, 5) is 25.1. The lowest BCUT2D eigenvalue weighted by Gasteiger charge is -2.29. The van der Waals surface area contributed by atoms with Gasteiger partial charge in [0.2, 0.25) is 11.8 Å². The fraction of sp³-hybridized carbons (Fsp3) is 0.833. The number of amides is 2. The van der Waals surface area contributed by atoms with Crippen molar-refractivity contribution in [2.45, 2.75) is 45.1 Å². The van der Waals surface area contributed by atoms with Gasteiger partial charge in [-0.2, -0.15) is 0 Å². The number of hydrogen-bond acceptors (Lipinski definition) is 4. The number of hydrazine groups is 1. The van der Waals surface area contributed by atoms with Crippen molar-refractivity contribution < 1.29 is 9.59 Å². The van der Waals surface area contributed by atoms with Crippen LogP contribution in [0.1, 0.15) is 39.0 Å². The molecule has 2 rings (SSSR count). The van der Waals surface area contributed by atoms with E-state index in [0.717, 1.165) is 19.5 Å². The average molecular weight is 239 g/mol. The second-order valence-corrected chi connectivity index (χ2v) is 4.82. The number of imide groups is 1. The quantitative estimate of drug-likeness (QED) is 0.726. The highest BCUT2D eigenvalue weighted by Gasteiger charge is 2.38. The van der Waals surface area contributed by atoms with Gasteiger partial charge in [0.15, 0.2) is 0 Å². The maximum absolute atomic E-state index is 12.0. The molecule has 2 saturated heterocycles.